The van der Waals surface area contributed by atoms with Crippen molar-refractivity contribution >= 4 is 23.2 Å². The minimum Gasteiger partial charge on any atom is -0.508 e. The number of ether oxygens (including phenoxy) is 1. The van der Waals surface area contributed by atoms with Gasteiger partial charge in [-0.3, -0.25) is 4.79 Å². The Morgan fingerprint density at radius 2 is 2.00 bits per heavy atom. The van der Waals surface area contributed by atoms with Crippen molar-refractivity contribution in [3.63, 3.8) is 0 Å². The second-order valence-corrected chi connectivity index (χ2v) is 6.34. The molecule has 0 fully saturated rings. The van der Waals surface area contributed by atoms with Crippen LogP contribution in [0.25, 0.3) is 0 Å². The molecule has 0 amide bonds. The lowest BCUT2D eigenvalue weighted by molar-refractivity contribution is -0.112. The standard InChI is InChI=1S/C18H17NO3S/c1-12(20)9-18-19(11-13-3-6-15(22-2)7-4-13)16-10-14(21)5-8-17(16)23-18/h3-10,21H,11H2,1-2H3/b18-9-. The molecule has 3 rings (SSSR count). The number of anilines is 1. The van der Waals surface area contributed by atoms with Gasteiger partial charge in [0.25, 0.3) is 0 Å². The number of carbonyl (C=O) groups is 1. The average Bonchev–Trinajstić information content (AvgIpc) is 2.84. The van der Waals surface area contributed by atoms with Crippen LogP contribution < -0.4 is 9.64 Å². The Bertz CT molecular complexity index is 768. The highest BCUT2D eigenvalue weighted by Crippen LogP contribution is 2.47. The third-order valence-electron chi connectivity index (χ3n) is 3.54. The largest absolute Gasteiger partial charge is 0.508 e. The molecule has 0 unspecified atom stereocenters. The predicted molar refractivity (Wildman–Crippen MR) is 91.9 cm³/mol. The Morgan fingerprint density at radius 1 is 1.26 bits per heavy atom. The summed E-state index contributed by atoms with van der Waals surface area (Å²) in [4.78, 5) is 14.6. The fourth-order valence-corrected chi connectivity index (χ4v) is 3.58. The van der Waals surface area contributed by atoms with Gasteiger partial charge >= 0.3 is 0 Å². The number of methoxy groups -OCH3 is 1. The van der Waals surface area contributed by atoms with E-state index in [2.05, 4.69) is 0 Å². The number of hydrogen-bond acceptors (Lipinski definition) is 5. The molecule has 0 radical (unpaired) electrons. The van der Waals surface area contributed by atoms with Crippen LogP contribution in [-0.2, 0) is 11.3 Å². The van der Waals surface area contributed by atoms with E-state index in [-0.39, 0.29) is 11.5 Å². The third kappa shape index (κ3) is 3.35. The van der Waals surface area contributed by atoms with Crippen molar-refractivity contribution < 1.29 is 14.6 Å². The van der Waals surface area contributed by atoms with Gasteiger partial charge in [0.1, 0.15) is 11.5 Å². The first kappa shape index (κ1) is 15.5. The predicted octanol–water partition coefficient (Wildman–Crippen LogP) is 3.94. The number of phenols is 1. The van der Waals surface area contributed by atoms with Crippen molar-refractivity contribution in [1.29, 1.82) is 0 Å². The van der Waals surface area contributed by atoms with Crippen molar-refractivity contribution in [2.75, 3.05) is 12.0 Å². The van der Waals surface area contributed by atoms with E-state index in [1.54, 1.807) is 32.2 Å². The molecule has 0 saturated heterocycles. The molecule has 1 aliphatic rings. The van der Waals surface area contributed by atoms with Crippen LogP contribution in [0.3, 0.4) is 0 Å². The zero-order chi connectivity index (χ0) is 16.4. The number of fused-ring (bicyclic) bond motifs is 1. The minimum atomic E-state index is 0.00394. The number of rotatable bonds is 4. The third-order valence-corrected chi connectivity index (χ3v) is 4.65. The number of ketones is 1. The van der Waals surface area contributed by atoms with E-state index in [4.69, 9.17) is 4.74 Å². The molecule has 4 nitrogen and oxygen atoms in total. The van der Waals surface area contributed by atoms with E-state index in [0.717, 1.165) is 26.9 Å². The van der Waals surface area contributed by atoms with Crippen LogP contribution in [-0.4, -0.2) is 18.0 Å². The van der Waals surface area contributed by atoms with Crippen LogP contribution in [0.1, 0.15) is 12.5 Å². The highest BCUT2D eigenvalue weighted by Gasteiger charge is 2.26. The van der Waals surface area contributed by atoms with Gasteiger partial charge in [0, 0.05) is 23.6 Å². The molecule has 2 aromatic rings. The molecule has 1 heterocycles. The molecule has 0 bridgehead atoms. The number of nitrogens with zero attached hydrogens (tertiary/aromatic N) is 1. The maximum Gasteiger partial charge on any atom is 0.155 e. The Balaban J connectivity index is 1.95. The van der Waals surface area contributed by atoms with Crippen LogP contribution in [0.5, 0.6) is 11.5 Å². The minimum absolute atomic E-state index is 0.00394. The molecule has 118 valence electrons. The molecule has 23 heavy (non-hydrogen) atoms. The molecule has 0 aliphatic carbocycles. The van der Waals surface area contributed by atoms with E-state index in [1.165, 1.54) is 11.8 Å². The van der Waals surface area contributed by atoms with Crippen LogP contribution in [0.2, 0.25) is 0 Å². The second-order valence-electron chi connectivity index (χ2n) is 5.28. The average molecular weight is 327 g/mol. The monoisotopic (exact) mass is 327 g/mol. The van der Waals surface area contributed by atoms with Gasteiger partial charge < -0.3 is 14.7 Å². The lowest BCUT2D eigenvalue weighted by Gasteiger charge is -2.20. The molecular formula is C18H17NO3S. The fourth-order valence-electron chi connectivity index (χ4n) is 2.45. The van der Waals surface area contributed by atoms with E-state index < -0.39 is 0 Å². The maximum atomic E-state index is 11.5. The first-order valence-corrected chi connectivity index (χ1v) is 8.02. The summed E-state index contributed by atoms with van der Waals surface area (Å²) in [6.07, 6.45) is 1.63. The first-order valence-electron chi connectivity index (χ1n) is 7.20. The van der Waals surface area contributed by atoms with Crippen molar-refractivity contribution in [2.24, 2.45) is 0 Å². The highest BCUT2D eigenvalue weighted by molar-refractivity contribution is 8.03. The van der Waals surface area contributed by atoms with Crippen molar-refractivity contribution in [3.8, 4) is 11.5 Å². The molecule has 2 aromatic carbocycles. The summed E-state index contributed by atoms with van der Waals surface area (Å²) < 4.78 is 5.18. The lowest BCUT2D eigenvalue weighted by Crippen LogP contribution is -2.17. The number of benzene rings is 2. The number of phenolic OH excluding ortho intramolecular Hbond substituents is 1. The highest BCUT2D eigenvalue weighted by atomic mass is 32.2. The van der Waals surface area contributed by atoms with Gasteiger partial charge in [-0.2, -0.15) is 0 Å². The van der Waals surface area contributed by atoms with Crippen molar-refractivity contribution in [2.45, 2.75) is 18.4 Å². The van der Waals surface area contributed by atoms with Crippen molar-refractivity contribution in [1.82, 2.24) is 0 Å². The van der Waals surface area contributed by atoms with Gasteiger partial charge in [0.2, 0.25) is 0 Å². The number of hydrogen-bond donors (Lipinski definition) is 1. The lowest BCUT2D eigenvalue weighted by atomic mass is 10.2. The van der Waals surface area contributed by atoms with Crippen molar-refractivity contribution in [3.05, 3.63) is 59.1 Å². The number of thioether (sulfide) groups is 1. The molecule has 5 heteroatoms. The van der Waals surface area contributed by atoms with Crippen LogP contribution in [0.15, 0.2) is 58.5 Å². The fraction of sp³-hybridized carbons (Fsp3) is 0.167. The Hall–Kier alpha value is -2.40. The second kappa shape index (κ2) is 6.38. The summed E-state index contributed by atoms with van der Waals surface area (Å²) in [6, 6.07) is 13.1. The van der Waals surface area contributed by atoms with Gasteiger partial charge in [0.05, 0.1) is 17.8 Å². The first-order chi connectivity index (χ1) is 11.1. The van der Waals surface area contributed by atoms with Gasteiger partial charge in [-0.1, -0.05) is 23.9 Å². The maximum absolute atomic E-state index is 11.5. The zero-order valence-electron chi connectivity index (χ0n) is 12.9. The van der Waals surface area contributed by atoms with Crippen LogP contribution in [0.4, 0.5) is 5.69 Å². The summed E-state index contributed by atoms with van der Waals surface area (Å²) in [5.41, 5.74) is 2.01. The van der Waals surface area contributed by atoms with Gasteiger partial charge in [-0.25, -0.2) is 0 Å². The van der Waals surface area contributed by atoms with E-state index in [0.29, 0.717) is 6.54 Å². The Morgan fingerprint density at radius 3 is 2.65 bits per heavy atom. The quantitative estimate of drug-likeness (QED) is 0.862. The zero-order valence-corrected chi connectivity index (χ0v) is 13.8. The van der Waals surface area contributed by atoms with E-state index in [9.17, 15) is 9.90 Å². The van der Waals surface area contributed by atoms with Crippen LogP contribution in [0, 0.1) is 0 Å². The molecule has 1 aliphatic heterocycles. The molecular weight excluding hydrogens is 310 g/mol. The van der Waals surface area contributed by atoms with E-state index in [1.807, 2.05) is 35.2 Å². The summed E-state index contributed by atoms with van der Waals surface area (Å²) in [5.74, 6) is 1.03. The normalized spacial score (nSPS) is 14.9. The number of carbonyl (C=O) groups excluding carboxylic acids is 1. The van der Waals surface area contributed by atoms with Crippen LogP contribution >= 0.6 is 11.8 Å². The number of aromatic hydroxyl groups is 1. The summed E-state index contributed by atoms with van der Waals surface area (Å²) in [6.45, 7) is 2.16. The topological polar surface area (TPSA) is 49.8 Å². The van der Waals surface area contributed by atoms with Gasteiger partial charge in [0.15, 0.2) is 5.78 Å². The summed E-state index contributed by atoms with van der Waals surface area (Å²) in [7, 11) is 1.64. The molecule has 1 N–H and O–H groups in total. The molecule has 0 aromatic heterocycles. The smallest absolute Gasteiger partial charge is 0.155 e. The molecule has 0 atom stereocenters. The Labute approximate surface area is 139 Å². The molecule has 0 saturated carbocycles. The van der Waals surface area contributed by atoms with Gasteiger partial charge in [-0.05, 0) is 36.8 Å². The van der Waals surface area contributed by atoms with E-state index >= 15 is 0 Å². The number of allylic oxidation sites excluding steroid dienone is 1. The summed E-state index contributed by atoms with van der Waals surface area (Å²) >= 11 is 1.54. The Kier molecular flexibility index (Phi) is 4.30. The van der Waals surface area contributed by atoms with Gasteiger partial charge in [-0.15, -0.1) is 0 Å². The molecule has 0 spiro atoms. The SMILES string of the molecule is COc1ccc(CN2/C(=C/C(C)=O)Sc3ccc(O)cc32)cc1. The summed E-state index contributed by atoms with van der Waals surface area (Å²) in [5, 5.41) is 10.6.